The summed E-state index contributed by atoms with van der Waals surface area (Å²) >= 11 is 0. The lowest BCUT2D eigenvalue weighted by Crippen LogP contribution is -2.10. The van der Waals surface area contributed by atoms with Gasteiger partial charge in [0.15, 0.2) is 0 Å². The van der Waals surface area contributed by atoms with Crippen LogP contribution in [0.2, 0.25) is 0 Å². The predicted molar refractivity (Wildman–Crippen MR) is 52.8 cm³/mol. The van der Waals surface area contributed by atoms with Gasteiger partial charge in [0.25, 0.3) is 0 Å². The van der Waals surface area contributed by atoms with Crippen molar-refractivity contribution in [1.82, 2.24) is 0 Å². The molecule has 1 aromatic rings. The van der Waals surface area contributed by atoms with Crippen molar-refractivity contribution in [2.24, 2.45) is 5.73 Å². The fourth-order valence-corrected chi connectivity index (χ4v) is 1.33. The lowest BCUT2D eigenvalue weighted by molar-refractivity contribution is 0.694. The molecule has 1 rings (SSSR count). The van der Waals surface area contributed by atoms with E-state index in [9.17, 15) is 0 Å². The van der Waals surface area contributed by atoms with Crippen molar-refractivity contribution in [2.45, 2.75) is 26.3 Å². The van der Waals surface area contributed by atoms with Gasteiger partial charge in [0.2, 0.25) is 0 Å². The maximum Gasteiger partial charge on any atom is 0.0316 e. The van der Waals surface area contributed by atoms with E-state index in [4.69, 9.17) is 11.5 Å². The van der Waals surface area contributed by atoms with E-state index >= 15 is 0 Å². The van der Waals surface area contributed by atoms with E-state index in [-0.39, 0.29) is 6.04 Å². The summed E-state index contributed by atoms with van der Waals surface area (Å²) in [5.74, 6) is 0. The third kappa shape index (κ3) is 1.77. The third-order valence-electron chi connectivity index (χ3n) is 2.13. The Morgan fingerprint density at radius 2 is 2.08 bits per heavy atom. The van der Waals surface area contributed by atoms with Crippen molar-refractivity contribution in [3.8, 4) is 0 Å². The second-order valence-electron chi connectivity index (χ2n) is 3.13. The van der Waals surface area contributed by atoms with Gasteiger partial charge < -0.3 is 11.5 Å². The van der Waals surface area contributed by atoms with Crippen LogP contribution in [-0.4, -0.2) is 0 Å². The zero-order valence-corrected chi connectivity index (χ0v) is 7.67. The van der Waals surface area contributed by atoms with Gasteiger partial charge in [-0.05, 0) is 36.6 Å². The van der Waals surface area contributed by atoms with Crippen LogP contribution in [-0.2, 0) is 0 Å². The van der Waals surface area contributed by atoms with Gasteiger partial charge in [-0.3, -0.25) is 0 Å². The monoisotopic (exact) mass is 164 g/mol. The molecule has 0 heterocycles. The summed E-state index contributed by atoms with van der Waals surface area (Å²) in [7, 11) is 0. The standard InChI is InChI=1S/C10H16N2/c1-3-10(12)9-5-4-8(11)6-7(9)2/h4-6,10H,3,11-12H2,1-2H3/t10-/m1/s1. The van der Waals surface area contributed by atoms with Crippen molar-refractivity contribution >= 4 is 5.69 Å². The second-order valence-corrected chi connectivity index (χ2v) is 3.13. The van der Waals surface area contributed by atoms with Gasteiger partial charge in [0.05, 0.1) is 0 Å². The lowest BCUT2D eigenvalue weighted by atomic mass is 10.00. The minimum Gasteiger partial charge on any atom is -0.399 e. The average Bonchev–Trinajstić information content (AvgIpc) is 2.03. The van der Waals surface area contributed by atoms with Crippen LogP contribution < -0.4 is 11.5 Å². The van der Waals surface area contributed by atoms with E-state index in [0.29, 0.717) is 0 Å². The lowest BCUT2D eigenvalue weighted by Gasteiger charge is -2.12. The molecule has 0 spiro atoms. The number of anilines is 1. The van der Waals surface area contributed by atoms with Crippen LogP contribution in [0, 0.1) is 6.92 Å². The Kier molecular flexibility index (Phi) is 2.71. The Labute approximate surface area is 73.6 Å². The molecule has 1 aromatic carbocycles. The number of aryl methyl sites for hydroxylation is 1. The van der Waals surface area contributed by atoms with E-state index in [1.165, 1.54) is 11.1 Å². The first-order valence-electron chi connectivity index (χ1n) is 4.26. The summed E-state index contributed by atoms with van der Waals surface area (Å²) in [6, 6.07) is 6.02. The fraction of sp³-hybridized carbons (Fsp3) is 0.400. The van der Waals surface area contributed by atoms with E-state index in [1.54, 1.807) is 0 Å². The second kappa shape index (κ2) is 3.59. The van der Waals surface area contributed by atoms with Gasteiger partial charge in [-0.15, -0.1) is 0 Å². The summed E-state index contributed by atoms with van der Waals surface area (Å²) in [6.07, 6.45) is 0.963. The minimum atomic E-state index is 0.144. The van der Waals surface area contributed by atoms with Gasteiger partial charge in [-0.25, -0.2) is 0 Å². The zero-order chi connectivity index (χ0) is 9.14. The molecular formula is C10H16N2. The van der Waals surface area contributed by atoms with Crippen molar-refractivity contribution < 1.29 is 0 Å². The molecule has 12 heavy (non-hydrogen) atoms. The highest BCUT2D eigenvalue weighted by molar-refractivity contribution is 5.45. The van der Waals surface area contributed by atoms with Crippen LogP contribution in [0.15, 0.2) is 18.2 Å². The highest BCUT2D eigenvalue weighted by Gasteiger charge is 2.05. The van der Waals surface area contributed by atoms with Crippen molar-refractivity contribution in [2.75, 3.05) is 5.73 Å². The van der Waals surface area contributed by atoms with Gasteiger partial charge in [-0.2, -0.15) is 0 Å². The quantitative estimate of drug-likeness (QED) is 0.657. The number of hydrogen-bond donors (Lipinski definition) is 2. The molecule has 1 atom stereocenters. The number of hydrogen-bond acceptors (Lipinski definition) is 2. The van der Waals surface area contributed by atoms with Crippen LogP contribution in [0.4, 0.5) is 5.69 Å². The molecule has 0 radical (unpaired) electrons. The van der Waals surface area contributed by atoms with Gasteiger partial charge >= 0.3 is 0 Å². The van der Waals surface area contributed by atoms with Gasteiger partial charge in [0, 0.05) is 11.7 Å². The highest BCUT2D eigenvalue weighted by Crippen LogP contribution is 2.19. The van der Waals surface area contributed by atoms with Crippen LogP contribution in [0.25, 0.3) is 0 Å². The van der Waals surface area contributed by atoms with Gasteiger partial charge in [0.1, 0.15) is 0 Å². The largest absolute Gasteiger partial charge is 0.399 e. The summed E-state index contributed by atoms with van der Waals surface area (Å²) < 4.78 is 0. The fourth-order valence-electron chi connectivity index (χ4n) is 1.33. The van der Waals surface area contributed by atoms with Crippen LogP contribution in [0.5, 0.6) is 0 Å². The number of benzene rings is 1. The van der Waals surface area contributed by atoms with E-state index < -0.39 is 0 Å². The molecule has 0 aromatic heterocycles. The molecule has 0 aliphatic rings. The van der Waals surface area contributed by atoms with E-state index in [0.717, 1.165) is 12.1 Å². The SMILES string of the molecule is CC[C@@H](N)c1ccc(N)cc1C. The summed E-state index contributed by atoms with van der Waals surface area (Å²) in [5, 5.41) is 0. The highest BCUT2D eigenvalue weighted by atomic mass is 14.6. The Morgan fingerprint density at radius 1 is 1.42 bits per heavy atom. The minimum absolute atomic E-state index is 0.144. The Bertz CT molecular complexity index is 269. The predicted octanol–water partition coefficient (Wildman–Crippen LogP) is 1.99. The third-order valence-corrected chi connectivity index (χ3v) is 2.13. The average molecular weight is 164 g/mol. The van der Waals surface area contributed by atoms with Gasteiger partial charge in [-0.1, -0.05) is 13.0 Å². The van der Waals surface area contributed by atoms with Crippen molar-refractivity contribution in [1.29, 1.82) is 0 Å². The number of nitrogen functional groups attached to an aromatic ring is 1. The zero-order valence-electron chi connectivity index (χ0n) is 7.67. The molecule has 0 aliphatic carbocycles. The first-order chi connectivity index (χ1) is 5.65. The van der Waals surface area contributed by atoms with Crippen LogP contribution in [0.3, 0.4) is 0 Å². The van der Waals surface area contributed by atoms with Crippen LogP contribution in [0.1, 0.15) is 30.5 Å². The Balaban J connectivity index is 3.01. The first-order valence-corrected chi connectivity index (χ1v) is 4.26. The van der Waals surface area contributed by atoms with E-state index in [1.807, 2.05) is 25.1 Å². The molecule has 0 aliphatic heterocycles. The maximum absolute atomic E-state index is 5.90. The molecular weight excluding hydrogens is 148 g/mol. The molecule has 0 saturated carbocycles. The molecule has 2 nitrogen and oxygen atoms in total. The smallest absolute Gasteiger partial charge is 0.0316 e. The number of rotatable bonds is 2. The van der Waals surface area contributed by atoms with Crippen LogP contribution >= 0.6 is 0 Å². The maximum atomic E-state index is 5.90. The van der Waals surface area contributed by atoms with Crippen molar-refractivity contribution in [3.63, 3.8) is 0 Å². The molecule has 0 amide bonds. The first kappa shape index (κ1) is 9.07. The Hall–Kier alpha value is -1.02. The molecule has 0 bridgehead atoms. The summed E-state index contributed by atoms with van der Waals surface area (Å²) in [4.78, 5) is 0. The topological polar surface area (TPSA) is 52.0 Å². The summed E-state index contributed by atoms with van der Waals surface area (Å²) in [5.41, 5.74) is 14.7. The molecule has 2 heteroatoms. The van der Waals surface area contributed by atoms with Crippen molar-refractivity contribution in [3.05, 3.63) is 29.3 Å². The molecule has 0 unspecified atom stereocenters. The molecule has 0 fully saturated rings. The Morgan fingerprint density at radius 3 is 2.58 bits per heavy atom. The molecule has 66 valence electrons. The summed E-state index contributed by atoms with van der Waals surface area (Å²) in [6.45, 7) is 4.13. The molecule has 4 N–H and O–H groups in total. The normalized spacial score (nSPS) is 12.9. The van der Waals surface area contributed by atoms with E-state index in [2.05, 4.69) is 6.92 Å². The molecule has 0 saturated heterocycles. The number of nitrogens with two attached hydrogens (primary N) is 2.